The van der Waals surface area contributed by atoms with Crippen LogP contribution in [0.25, 0.3) is 4.96 Å². The van der Waals surface area contributed by atoms with E-state index in [1.807, 2.05) is 22.9 Å². The molecule has 168 valence electrons. The summed E-state index contributed by atoms with van der Waals surface area (Å²) in [4.78, 5) is 45.6. The van der Waals surface area contributed by atoms with Crippen molar-refractivity contribution in [1.82, 2.24) is 19.6 Å². The first-order valence-electron chi connectivity index (χ1n) is 10.4. The Morgan fingerprint density at radius 3 is 2.78 bits per heavy atom. The number of carbonyl (C=O) groups excluding carboxylic acids is 3. The van der Waals surface area contributed by atoms with Crippen molar-refractivity contribution >= 4 is 50.0 Å². The number of carbonyl (C=O) groups is 3. The molecule has 2 aromatic heterocycles. The van der Waals surface area contributed by atoms with Gasteiger partial charge in [-0.2, -0.15) is 0 Å². The molecule has 0 bridgehead atoms. The van der Waals surface area contributed by atoms with Crippen LogP contribution in [0.3, 0.4) is 0 Å². The molecule has 8 nitrogen and oxygen atoms in total. The summed E-state index contributed by atoms with van der Waals surface area (Å²) in [5.74, 6) is -0.363. The van der Waals surface area contributed by atoms with E-state index in [9.17, 15) is 14.4 Å². The molecule has 2 amide bonds. The quantitative estimate of drug-likeness (QED) is 0.514. The number of ketones is 1. The van der Waals surface area contributed by atoms with Gasteiger partial charge in [0.05, 0.1) is 28.5 Å². The Labute approximate surface area is 197 Å². The van der Waals surface area contributed by atoms with Crippen LogP contribution in [0.2, 0.25) is 0 Å². The topological polar surface area (TPSA) is 93.0 Å². The van der Waals surface area contributed by atoms with Gasteiger partial charge in [0.1, 0.15) is 6.04 Å². The third kappa shape index (κ3) is 4.86. The number of halogens is 1. The number of likely N-dealkylation sites (tertiary alicyclic amines) is 1. The van der Waals surface area contributed by atoms with Gasteiger partial charge in [-0.3, -0.25) is 14.0 Å². The van der Waals surface area contributed by atoms with Crippen LogP contribution in [0.1, 0.15) is 37.1 Å². The number of Topliss-reactive ketones (excluding diaryl/α,β-unsaturated/α-hetero) is 1. The summed E-state index contributed by atoms with van der Waals surface area (Å²) < 4.78 is 7.83. The number of ether oxygens (including phenoxy) is 1. The number of alkyl carbamates (subject to hydrolysis) is 1. The molecule has 0 unspecified atom stereocenters. The molecule has 1 saturated heterocycles. The molecule has 1 fully saturated rings. The Morgan fingerprint density at radius 2 is 2.06 bits per heavy atom. The van der Waals surface area contributed by atoms with E-state index in [2.05, 4.69) is 26.2 Å². The third-order valence-electron chi connectivity index (χ3n) is 5.36. The number of aromatic nitrogens is 2. The average Bonchev–Trinajstić information content (AvgIpc) is 3.47. The van der Waals surface area contributed by atoms with Crippen LogP contribution >= 0.6 is 27.3 Å². The standard InChI is InChI=1S/C22H23BrN4O4S/c1-2-31-22(30)25-19(14-7-4-3-5-8-14)20(29)27-10-6-9-16(27)17(28)11-15-12-26-13-18(23)32-21(26)24-15/h3-5,7-8,12-13,16,19H,2,6,9-11H2,1H3,(H,25,30)/t16-,19+/m0/s1. The van der Waals surface area contributed by atoms with Gasteiger partial charge in [-0.15, -0.1) is 0 Å². The summed E-state index contributed by atoms with van der Waals surface area (Å²) in [6.45, 7) is 2.37. The van der Waals surface area contributed by atoms with Crippen molar-refractivity contribution in [2.75, 3.05) is 13.2 Å². The number of amides is 2. The fraction of sp³-hybridized carbons (Fsp3) is 0.364. The molecule has 0 saturated carbocycles. The van der Waals surface area contributed by atoms with Gasteiger partial charge in [0, 0.05) is 18.9 Å². The van der Waals surface area contributed by atoms with Gasteiger partial charge in [-0.25, -0.2) is 9.78 Å². The molecule has 1 aliphatic heterocycles. The summed E-state index contributed by atoms with van der Waals surface area (Å²) in [6.07, 6.45) is 4.55. The van der Waals surface area contributed by atoms with Crippen LogP contribution in [0.15, 0.2) is 46.5 Å². The molecule has 1 aliphatic rings. The molecule has 3 aromatic rings. The van der Waals surface area contributed by atoms with Crippen LogP contribution in [0.4, 0.5) is 4.79 Å². The Morgan fingerprint density at radius 1 is 1.28 bits per heavy atom. The van der Waals surface area contributed by atoms with Crippen LogP contribution in [-0.2, 0) is 20.7 Å². The summed E-state index contributed by atoms with van der Waals surface area (Å²) in [7, 11) is 0. The zero-order valence-electron chi connectivity index (χ0n) is 17.5. The van der Waals surface area contributed by atoms with Crippen LogP contribution in [0, 0.1) is 0 Å². The lowest BCUT2D eigenvalue weighted by Crippen LogP contribution is -2.47. The van der Waals surface area contributed by atoms with Crippen molar-refractivity contribution in [2.24, 2.45) is 0 Å². The van der Waals surface area contributed by atoms with Gasteiger partial charge in [-0.05, 0) is 41.3 Å². The van der Waals surface area contributed by atoms with Crippen molar-refractivity contribution in [1.29, 1.82) is 0 Å². The van der Waals surface area contributed by atoms with Gasteiger partial charge < -0.3 is 15.0 Å². The number of rotatable bonds is 7. The lowest BCUT2D eigenvalue weighted by atomic mass is 10.0. The second kappa shape index (κ2) is 9.83. The largest absolute Gasteiger partial charge is 0.450 e. The summed E-state index contributed by atoms with van der Waals surface area (Å²) in [5.41, 5.74) is 1.32. The fourth-order valence-corrected chi connectivity index (χ4v) is 5.32. The summed E-state index contributed by atoms with van der Waals surface area (Å²) >= 11 is 4.91. The highest BCUT2D eigenvalue weighted by molar-refractivity contribution is 9.11. The van der Waals surface area contributed by atoms with E-state index in [1.54, 1.807) is 36.1 Å². The fourth-order valence-electron chi connectivity index (χ4n) is 3.95. The minimum Gasteiger partial charge on any atom is -0.450 e. The number of nitrogens with zero attached hydrogens (tertiary/aromatic N) is 3. The molecule has 0 aliphatic carbocycles. The van der Waals surface area contributed by atoms with Crippen LogP contribution < -0.4 is 5.32 Å². The highest BCUT2D eigenvalue weighted by atomic mass is 79.9. The first-order valence-corrected chi connectivity index (χ1v) is 12.0. The number of hydrogen-bond donors (Lipinski definition) is 1. The van der Waals surface area contributed by atoms with E-state index in [-0.39, 0.29) is 24.7 Å². The van der Waals surface area contributed by atoms with Crippen molar-refractivity contribution in [3.8, 4) is 0 Å². The first-order chi connectivity index (χ1) is 15.5. The Balaban J connectivity index is 1.51. The van der Waals surface area contributed by atoms with Crippen molar-refractivity contribution < 1.29 is 19.1 Å². The Bertz CT molecular complexity index is 1100. The number of fused-ring (bicyclic) bond motifs is 1. The smallest absolute Gasteiger partial charge is 0.408 e. The predicted octanol–water partition coefficient (Wildman–Crippen LogP) is 3.75. The SMILES string of the molecule is CCOC(=O)N[C@@H](C(=O)N1CCC[C@H]1C(=O)Cc1cn2cc(Br)sc2n1)c1ccccc1. The van der Waals surface area contributed by atoms with E-state index in [1.165, 1.54) is 11.3 Å². The van der Waals surface area contributed by atoms with Crippen molar-refractivity contribution in [3.63, 3.8) is 0 Å². The second-order valence-corrected chi connectivity index (χ2v) is 9.89. The number of imidazole rings is 1. The molecule has 1 aromatic carbocycles. The van der Waals surface area contributed by atoms with E-state index < -0.39 is 18.2 Å². The lowest BCUT2D eigenvalue weighted by molar-refractivity contribution is -0.139. The van der Waals surface area contributed by atoms with E-state index in [4.69, 9.17) is 4.74 Å². The van der Waals surface area contributed by atoms with Gasteiger partial charge in [-0.1, -0.05) is 41.7 Å². The molecule has 10 heteroatoms. The molecular formula is C22H23BrN4O4S. The third-order valence-corrected chi connectivity index (χ3v) is 6.83. The second-order valence-electron chi connectivity index (χ2n) is 7.50. The maximum absolute atomic E-state index is 13.5. The van der Waals surface area contributed by atoms with E-state index in [0.29, 0.717) is 24.2 Å². The summed E-state index contributed by atoms with van der Waals surface area (Å²) in [5, 5.41) is 2.66. The minimum absolute atomic E-state index is 0.0522. The molecule has 4 rings (SSSR count). The zero-order chi connectivity index (χ0) is 22.7. The van der Waals surface area contributed by atoms with Crippen molar-refractivity contribution in [2.45, 2.75) is 38.3 Å². The van der Waals surface area contributed by atoms with Gasteiger partial charge in [0.25, 0.3) is 5.91 Å². The number of benzene rings is 1. The minimum atomic E-state index is -0.918. The maximum atomic E-state index is 13.5. The number of nitrogens with one attached hydrogen (secondary N) is 1. The molecule has 0 radical (unpaired) electrons. The highest BCUT2D eigenvalue weighted by Gasteiger charge is 2.38. The Hall–Kier alpha value is -2.72. The highest BCUT2D eigenvalue weighted by Crippen LogP contribution is 2.26. The van der Waals surface area contributed by atoms with E-state index >= 15 is 0 Å². The van der Waals surface area contributed by atoms with Gasteiger partial charge >= 0.3 is 6.09 Å². The average molecular weight is 519 g/mol. The molecule has 32 heavy (non-hydrogen) atoms. The zero-order valence-corrected chi connectivity index (χ0v) is 19.9. The van der Waals surface area contributed by atoms with Crippen molar-refractivity contribution in [3.05, 3.63) is 57.8 Å². The number of hydrogen-bond acceptors (Lipinski definition) is 6. The molecule has 3 heterocycles. The monoisotopic (exact) mass is 518 g/mol. The van der Waals surface area contributed by atoms with E-state index in [0.717, 1.165) is 15.2 Å². The summed E-state index contributed by atoms with van der Waals surface area (Å²) in [6, 6.07) is 7.54. The molecule has 0 spiro atoms. The van der Waals surface area contributed by atoms with Crippen LogP contribution in [0.5, 0.6) is 0 Å². The molecule has 1 N–H and O–H groups in total. The normalized spacial score (nSPS) is 16.8. The maximum Gasteiger partial charge on any atom is 0.408 e. The van der Waals surface area contributed by atoms with Gasteiger partial charge in [0.15, 0.2) is 10.7 Å². The van der Waals surface area contributed by atoms with Crippen LogP contribution in [-0.4, -0.2) is 51.3 Å². The molecular weight excluding hydrogens is 496 g/mol. The molecule has 2 atom stereocenters. The Kier molecular flexibility index (Phi) is 6.90. The number of thiazole rings is 1. The lowest BCUT2D eigenvalue weighted by Gasteiger charge is -2.28. The first kappa shape index (κ1) is 22.5. The van der Waals surface area contributed by atoms with Gasteiger partial charge in [0.2, 0.25) is 0 Å². The predicted molar refractivity (Wildman–Crippen MR) is 124 cm³/mol.